The zero-order valence-corrected chi connectivity index (χ0v) is 19.1. The van der Waals surface area contributed by atoms with Crippen LogP contribution in [0.15, 0.2) is 29.4 Å². The number of likely N-dealkylation sites (N-methyl/N-ethyl adjacent to an activating group) is 1. The van der Waals surface area contributed by atoms with Crippen molar-refractivity contribution < 1.29 is 4.79 Å². The van der Waals surface area contributed by atoms with Crippen LogP contribution in [0, 0.1) is 0 Å². The molecule has 1 aliphatic rings. The van der Waals surface area contributed by atoms with Gasteiger partial charge in [-0.3, -0.25) is 4.79 Å². The molecule has 1 amide bonds. The van der Waals surface area contributed by atoms with Gasteiger partial charge in [0.2, 0.25) is 5.91 Å². The molecule has 10 heteroatoms. The van der Waals surface area contributed by atoms with Crippen molar-refractivity contribution in [2.75, 3.05) is 50.4 Å². The molecule has 1 aromatic carbocycles. The Bertz CT molecular complexity index is 862. The molecular formula is C19H22Cl3N5OS. The Morgan fingerprint density at radius 2 is 1.90 bits per heavy atom. The van der Waals surface area contributed by atoms with Gasteiger partial charge in [0.25, 0.3) is 0 Å². The Morgan fingerprint density at radius 1 is 1.14 bits per heavy atom. The van der Waals surface area contributed by atoms with E-state index in [2.05, 4.69) is 32.1 Å². The summed E-state index contributed by atoms with van der Waals surface area (Å²) in [5, 5.41) is 4.97. The fourth-order valence-electron chi connectivity index (χ4n) is 2.89. The highest BCUT2D eigenvalue weighted by Gasteiger charge is 2.17. The highest BCUT2D eigenvalue weighted by atomic mass is 35.5. The minimum absolute atomic E-state index is 0.0928. The van der Waals surface area contributed by atoms with Crippen molar-refractivity contribution in [2.45, 2.75) is 11.6 Å². The number of anilines is 1. The van der Waals surface area contributed by atoms with Gasteiger partial charge < -0.3 is 15.1 Å². The summed E-state index contributed by atoms with van der Waals surface area (Å²) in [7, 11) is 2.10. The molecule has 0 atom stereocenters. The number of aromatic nitrogens is 2. The molecule has 0 spiro atoms. The molecule has 0 unspecified atom stereocenters. The van der Waals surface area contributed by atoms with Crippen molar-refractivity contribution in [2.24, 2.45) is 0 Å². The first-order chi connectivity index (χ1) is 13.9. The van der Waals surface area contributed by atoms with Gasteiger partial charge in [-0.2, -0.15) is 0 Å². The number of benzene rings is 1. The number of amides is 1. The van der Waals surface area contributed by atoms with Crippen molar-refractivity contribution in [3.05, 3.63) is 45.0 Å². The van der Waals surface area contributed by atoms with E-state index in [1.54, 1.807) is 18.2 Å². The van der Waals surface area contributed by atoms with Gasteiger partial charge in [0.1, 0.15) is 11.0 Å². The maximum atomic E-state index is 12.2. The average molecular weight is 475 g/mol. The van der Waals surface area contributed by atoms with Crippen molar-refractivity contribution in [1.82, 2.24) is 20.2 Å². The highest BCUT2D eigenvalue weighted by molar-refractivity contribution is 7.99. The van der Waals surface area contributed by atoms with E-state index in [4.69, 9.17) is 34.8 Å². The number of piperazine rings is 1. The smallest absolute Gasteiger partial charge is 0.230 e. The molecule has 0 aliphatic carbocycles. The predicted molar refractivity (Wildman–Crippen MR) is 121 cm³/mol. The third-order valence-corrected chi connectivity index (χ3v) is 6.18. The van der Waals surface area contributed by atoms with Gasteiger partial charge in [0.15, 0.2) is 5.16 Å². The van der Waals surface area contributed by atoms with E-state index in [1.807, 2.05) is 6.07 Å². The Kier molecular flexibility index (Phi) is 8.26. The summed E-state index contributed by atoms with van der Waals surface area (Å²) >= 11 is 19.5. The van der Waals surface area contributed by atoms with Gasteiger partial charge in [-0.05, 0) is 31.2 Å². The van der Waals surface area contributed by atoms with Crippen LogP contribution in [0.5, 0.6) is 0 Å². The van der Waals surface area contributed by atoms with E-state index in [0.717, 1.165) is 37.6 Å². The number of hydrogen-bond acceptors (Lipinski definition) is 6. The minimum Gasteiger partial charge on any atom is -0.355 e. The highest BCUT2D eigenvalue weighted by Crippen LogP contribution is 2.23. The van der Waals surface area contributed by atoms with Crippen LogP contribution < -0.4 is 10.2 Å². The van der Waals surface area contributed by atoms with Crippen LogP contribution >= 0.6 is 46.6 Å². The SMILES string of the molecule is CN1CCN(c2cc(Cl)nc(SCC(=O)NCCc3ccc(Cl)cc3Cl)n2)CC1. The number of nitrogens with one attached hydrogen (secondary N) is 1. The van der Waals surface area contributed by atoms with E-state index < -0.39 is 0 Å². The van der Waals surface area contributed by atoms with Gasteiger partial charge in [0.05, 0.1) is 5.75 Å². The number of carbonyl (C=O) groups is 1. The van der Waals surface area contributed by atoms with Gasteiger partial charge in [-0.1, -0.05) is 52.6 Å². The third-order valence-electron chi connectivity index (χ3n) is 4.55. The largest absolute Gasteiger partial charge is 0.355 e. The zero-order chi connectivity index (χ0) is 20.8. The first-order valence-electron chi connectivity index (χ1n) is 9.22. The van der Waals surface area contributed by atoms with Crippen molar-refractivity contribution in [3.63, 3.8) is 0 Å². The molecule has 1 fully saturated rings. The molecule has 29 heavy (non-hydrogen) atoms. The second kappa shape index (κ2) is 10.7. The number of hydrogen-bond donors (Lipinski definition) is 1. The van der Waals surface area contributed by atoms with E-state index in [0.29, 0.717) is 33.3 Å². The molecule has 1 aromatic heterocycles. The first-order valence-corrected chi connectivity index (χ1v) is 11.3. The standard InChI is InChI=1S/C19H22Cl3N5OS/c1-26-6-8-27(9-7-26)17-11-16(22)24-19(25-17)29-12-18(28)23-5-4-13-2-3-14(20)10-15(13)21/h2-3,10-11H,4-9,12H2,1H3,(H,23,28). The lowest BCUT2D eigenvalue weighted by Gasteiger charge is -2.33. The third kappa shape index (κ3) is 6.89. The van der Waals surface area contributed by atoms with Crippen molar-refractivity contribution in [3.8, 4) is 0 Å². The molecule has 3 rings (SSSR count). The second-order valence-electron chi connectivity index (χ2n) is 6.75. The first kappa shape index (κ1) is 22.4. The predicted octanol–water partition coefficient (Wildman–Crippen LogP) is 3.64. The maximum absolute atomic E-state index is 12.2. The quantitative estimate of drug-likeness (QED) is 0.375. The van der Waals surface area contributed by atoms with E-state index >= 15 is 0 Å². The van der Waals surface area contributed by atoms with Gasteiger partial charge in [0, 0.05) is 48.8 Å². The number of nitrogens with zero attached hydrogens (tertiary/aromatic N) is 4. The Morgan fingerprint density at radius 3 is 2.62 bits per heavy atom. The maximum Gasteiger partial charge on any atom is 0.230 e. The topological polar surface area (TPSA) is 61.4 Å². The summed E-state index contributed by atoms with van der Waals surface area (Å²) in [5.74, 6) is 0.930. The normalized spacial score (nSPS) is 14.8. The van der Waals surface area contributed by atoms with Crippen molar-refractivity contribution in [1.29, 1.82) is 0 Å². The van der Waals surface area contributed by atoms with Crippen LogP contribution in [0.2, 0.25) is 15.2 Å². The van der Waals surface area contributed by atoms with E-state index in [9.17, 15) is 4.79 Å². The Labute approximate surface area is 189 Å². The summed E-state index contributed by atoms with van der Waals surface area (Å²) in [6, 6.07) is 7.12. The lowest BCUT2D eigenvalue weighted by atomic mass is 10.1. The summed E-state index contributed by atoms with van der Waals surface area (Å²) in [4.78, 5) is 25.4. The lowest BCUT2D eigenvalue weighted by Crippen LogP contribution is -2.44. The lowest BCUT2D eigenvalue weighted by molar-refractivity contribution is -0.118. The number of carbonyl (C=O) groups excluding carboxylic acids is 1. The molecule has 1 N–H and O–H groups in total. The van der Waals surface area contributed by atoms with Gasteiger partial charge in [-0.25, -0.2) is 9.97 Å². The molecule has 2 aromatic rings. The molecular weight excluding hydrogens is 453 g/mol. The van der Waals surface area contributed by atoms with Crippen LogP contribution in [0.4, 0.5) is 5.82 Å². The van der Waals surface area contributed by atoms with Crippen LogP contribution in [-0.2, 0) is 11.2 Å². The van der Waals surface area contributed by atoms with Gasteiger partial charge in [-0.15, -0.1) is 0 Å². The molecule has 156 valence electrons. The van der Waals surface area contributed by atoms with Gasteiger partial charge >= 0.3 is 0 Å². The number of halogens is 3. The fourth-order valence-corrected chi connectivity index (χ4v) is 4.30. The molecule has 6 nitrogen and oxygen atoms in total. The van der Waals surface area contributed by atoms with Crippen LogP contribution in [0.25, 0.3) is 0 Å². The molecule has 0 radical (unpaired) electrons. The Balaban J connectivity index is 1.48. The van der Waals surface area contributed by atoms with Crippen molar-refractivity contribution >= 4 is 58.3 Å². The van der Waals surface area contributed by atoms with Crippen LogP contribution in [-0.4, -0.2) is 66.3 Å². The molecule has 1 aliphatic heterocycles. The van der Waals surface area contributed by atoms with E-state index in [-0.39, 0.29) is 11.7 Å². The van der Waals surface area contributed by atoms with Crippen LogP contribution in [0.3, 0.4) is 0 Å². The summed E-state index contributed by atoms with van der Waals surface area (Å²) < 4.78 is 0. The number of rotatable bonds is 7. The number of thioether (sulfide) groups is 1. The monoisotopic (exact) mass is 473 g/mol. The summed E-state index contributed by atoms with van der Waals surface area (Å²) in [6.45, 7) is 4.22. The van der Waals surface area contributed by atoms with Crippen LogP contribution in [0.1, 0.15) is 5.56 Å². The molecule has 1 saturated heterocycles. The molecule has 0 saturated carbocycles. The summed E-state index contributed by atoms with van der Waals surface area (Å²) in [5.41, 5.74) is 0.944. The average Bonchev–Trinajstić information content (AvgIpc) is 2.68. The second-order valence-corrected chi connectivity index (χ2v) is 8.92. The summed E-state index contributed by atoms with van der Waals surface area (Å²) in [6.07, 6.45) is 0.633. The zero-order valence-electron chi connectivity index (χ0n) is 16.0. The minimum atomic E-state index is -0.0928. The van der Waals surface area contributed by atoms with E-state index in [1.165, 1.54) is 11.8 Å². The molecule has 2 heterocycles. The molecule has 0 bridgehead atoms. The Hall–Kier alpha value is -1.25. The fraction of sp³-hybridized carbons (Fsp3) is 0.421.